The van der Waals surface area contributed by atoms with Gasteiger partial charge in [-0.1, -0.05) is 0 Å². The van der Waals surface area contributed by atoms with E-state index in [1.165, 1.54) is 6.20 Å². The molecule has 3 N–H and O–H groups in total. The quantitative estimate of drug-likeness (QED) is 0.796. The van der Waals surface area contributed by atoms with Gasteiger partial charge in [0.2, 0.25) is 5.91 Å². The van der Waals surface area contributed by atoms with Crippen LogP contribution >= 0.6 is 0 Å². The van der Waals surface area contributed by atoms with E-state index < -0.39 is 0 Å². The van der Waals surface area contributed by atoms with Crippen molar-refractivity contribution in [3.05, 3.63) is 36.2 Å². The Labute approximate surface area is 110 Å². The predicted molar refractivity (Wildman–Crippen MR) is 69.9 cm³/mol. The number of carbonyl (C=O) groups excluding carboxylic acids is 1. The summed E-state index contributed by atoms with van der Waals surface area (Å²) < 4.78 is 1.88. The van der Waals surface area contributed by atoms with Crippen molar-refractivity contribution in [2.45, 2.75) is 26.4 Å². The van der Waals surface area contributed by atoms with Gasteiger partial charge in [-0.3, -0.25) is 9.78 Å². The minimum absolute atomic E-state index is 0.108. The lowest BCUT2D eigenvalue weighted by Gasteiger charge is -2.05. The van der Waals surface area contributed by atoms with E-state index in [0.717, 1.165) is 12.4 Å². The van der Waals surface area contributed by atoms with Crippen molar-refractivity contribution >= 4 is 11.6 Å². The van der Waals surface area contributed by atoms with Gasteiger partial charge in [-0.05, 0) is 19.1 Å². The van der Waals surface area contributed by atoms with E-state index in [1.54, 1.807) is 18.5 Å². The number of amides is 1. The van der Waals surface area contributed by atoms with Crippen molar-refractivity contribution < 1.29 is 4.79 Å². The molecule has 0 saturated carbocycles. The number of nitrogen functional groups attached to an aromatic ring is 1. The first-order valence-electron chi connectivity index (χ1n) is 6.03. The highest BCUT2D eigenvalue weighted by Gasteiger charge is 2.07. The number of rotatable bonds is 5. The van der Waals surface area contributed by atoms with Crippen LogP contribution in [0.4, 0.5) is 5.69 Å². The Kier molecular flexibility index (Phi) is 4.07. The second kappa shape index (κ2) is 5.94. The molecule has 0 bridgehead atoms. The van der Waals surface area contributed by atoms with Gasteiger partial charge in [0.1, 0.15) is 6.33 Å². The van der Waals surface area contributed by atoms with Crippen LogP contribution in [-0.4, -0.2) is 25.7 Å². The molecule has 7 nitrogen and oxygen atoms in total. The summed E-state index contributed by atoms with van der Waals surface area (Å²) in [6.07, 6.45) is 3.40. The van der Waals surface area contributed by atoms with E-state index >= 15 is 0 Å². The molecule has 0 radical (unpaired) electrons. The third-order valence-corrected chi connectivity index (χ3v) is 2.67. The molecule has 100 valence electrons. The van der Waals surface area contributed by atoms with Crippen LogP contribution in [0.3, 0.4) is 0 Å². The molecule has 0 fully saturated rings. The standard InChI is InChI=1S/C12H16N6O/c1-2-18-8-16-17-11(18)7-15-12(19)5-10-4-3-9(13)6-14-10/h3-4,6,8H,2,5,7,13H2,1H3,(H,15,19). The molecule has 0 aliphatic rings. The lowest BCUT2D eigenvalue weighted by atomic mass is 10.2. The summed E-state index contributed by atoms with van der Waals surface area (Å²) in [6.45, 7) is 3.13. The lowest BCUT2D eigenvalue weighted by molar-refractivity contribution is -0.120. The molecule has 0 saturated heterocycles. The first-order valence-corrected chi connectivity index (χ1v) is 6.03. The maximum absolute atomic E-state index is 11.8. The number of hydrogen-bond acceptors (Lipinski definition) is 5. The molecular formula is C12H16N6O. The van der Waals surface area contributed by atoms with Crippen LogP contribution in [0, 0.1) is 0 Å². The second-order valence-corrected chi connectivity index (χ2v) is 4.07. The first kappa shape index (κ1) is 13.0. The maximum atomic E-state index is 11.8. The summed E-state index contributed by atoms with van der Waals surface area (Å²) in [6, 6.07) is 3.47. The van der Waals surface area contributed by atoms with Crippen LogP contribution in [0.5, 0.6) is 0 Å². The number of nitrogens with one attached hydrogen (secondary N) is 1. The molecule has 0 aliphatic heterocycles. The highest BCUT2D eigenvalue weighted by molar-refractivity contribution is 5.78. The molecule has 19 heavy (non-hydrogen) atoms. The molecule has 0 atom stereocenters. The Morgan fingerprint density at radius 1 is 1.47 bits per heavy atom. The van der Waals surface area contributed by atoms with Crippen LogP contribution < -0.4 is 11.1 Å². The average Bonchev–Trinajstić information content (AvgIpc) is 2.86. The number of aromatic nitrogens is 4. The lowest BCUT2D eigenvalue weighted by Crippen LogP contribution is -2.26. The molecule has 2 rings (SSSR count). The first-order chi connectivity index (χ1) is 9.19. The minimum Gasteiger partial charge on any atom is -0.397 e. The summed E-state index contributed by atoms with van der Waals surface area (Å²) in [5, 5.41) is 10.5. The molecule has 0 aliphatic carbocycles. The monoisotopic (exact) mass is 260 g/mol. The molecule has 0 spiro atoms. The van der Waals surface area contributed by atoms with Crippen molar-refractivity contribution in [1.29, 1.82) is 0 Å². The zero-order valence-electron chi connectivity index (χ0n) is 10.7. The third kappa shape index (κ3) is 3.51. The van der Waals surface area contributed by atoms with Crippen LogP contribution in [0.1, 0.15) is 18.4 Å². The van der Waals surface area contributed by atoms with Gasteiger partial charge in [-0.15, -0.1) is 10.2 Å². The van der Waals surface area contributed by atoms with Gasteiger partial charge in [-0.2, -0.15) is 0 Å². The topological polar surface area (TPSA) is 98.7 Å². The Hall–Kier alpha value is -2.44. The molecule has 2 heterocycles. The van der Waals surface area contributed by atoms with Crippen LogP contribution in [0.2, 0.25) is 0 Å². The Morgan fingerprint density at radius 3 is 3.00 bits per heavy atom. The van der Waals surface area contributed by atoms with Gasteiger partial charge in [0.25, 0.3) is 0 Å². The van der Waals surface area contributed by atoms with Crippen LogP contribution in [0.25, 0.3) is 0 Å². The van der Waals surface area contributed by atoms with Crippen LogP contribution in [-0.2, 0) is 24.3 Å². The normalized spacial score (nSPS) is 10.4. The van der Waals surface area contributed by atoms with E-state index in [1.807, 2.05) is 11.5 Å². The summed E-state index contributed by atoms with van der Waals surface area (Å²) >= 11 is 0. The SMILES string of the molecule is CCn1cnnc1CNC(=O)Cc1ccc(N)cn1. The largest absolute Gasteiger partial charge is 0.397 e. The third-order valence-electron chi connectivity index (χ3n) is 2.67. The maximum Gasteiger partial charge on any atom is 0.226 e. The number of carbonyl (C=O) groups is 1. The Morgan fingerprint density at radius 2 is 2.32 bits per heavy atom. The summed E-state index contributed by atoms with van der Waals surface area (Å²) in [7, 11) is 0. The van der Waals surface area contributed by atoms with Gasteiger partial charge < -0.3 is 15.6 Å². The smallest absolute Gasteiger partial charge is 0.226 e. The predicted octanol–water partition coefficient (Wildman–Crippen LogP) is 0.134. The minimum atomic E-state index is -0.108. The zero-order valence-corrected chi connectivity index (χ0v) is 10.7. The molecular weight excluding hydrogens is 244 g/mol. The van der Waals surface area contributed by atoms with Crippen LogP contribution in [0.15, 0.2) is 24.7 Å². The second-order valence-electron chi connectivity index (χ2n) is 4.07. The molecule has 0 aromatic carbocycles. The number of nitrogens with zero attached hydrogens (tertiary/aromatic N) is 4. The molecule has 1 amide bonds. The highest BCUT2D eigenvalue weighted by Crippen LogP contribution is 2.02. The molecule has 7 heteroatoms. The summed E-state index contributed by atoms with van der Waals surface area (Å²) in [5.41, 5.74) is 6.80. The number of hydrogen-bond donors (Lipinski definition) is 2. The Bertz CT molecular complexity index is 548. The van der Waals surface area contributed by atoms with Crippen molar-refractivity contribution in [2.24, 2.45) is 0 Å². The molecule has 2 aromatic heterocycles. The van der Waals surface area contributed by atoms with Crippen molar-refractivity contribution in [1.82, 2.24) is 25.1 Å². The number of pyridine rings is 1. The molecule has 0 unspecified atom stereocenters. The average molecular weight is 260 g/mol. The van der Waals surface area contributed by atoms with E-state index in [2.05, 4.69) is 20.5 Å². The fourth-order valence-electron chi connectivity index (χ4n) is 1.63. The van der Waals surface area contributed by atoms with E-state index in [-0.39, 0.29) is 12.3 Å². The van der Waals surface area contributed by atoms with E-state index in [4.69, 9.17) is 5.73 Å². The van der Waals surface area contributed by atoms with Crippen molar-refractivity contribution in [2.75, 3.05) is 5.73 Å². The van der Waals surface area contributed by atoms with E-state index in [0.29, 0.717) is 17.9 Å². The fraction of sp³-hybridized carbons (Fsp3) is 0.333. The van der Waals surface area contributed by atoms with Crippen molar-refractivity contribution in [3.63, 3.8) is 0 Å². The van der Waals surface area contributed by atoms with Gasteiger partial charge in [0, 0.05) is 12.2 Å². The van der Waals surface area contributed by atoms with E-state index in [9.17, 15) is 4.79 Å². The highest BCUT2D eigenvalue weighted by atomic mass is 16.1. The zero-order chi connectivity index (χ0) is 13.7. The van der Waals surface area contributed by atoms with Gasteiger partial charge >= 0.3 is 0 Å². The van der Waals surface area contributed by atoms with Gasteiger partial charge in [0.05, 0.1) is 24.8 Å². The summed E-state index contributed by atoms with van der Waals surface area (Å²) in [4.78, 5) is 15.8. The fourth-order valence-corrected chi connectivity index (χ4v) is 1.63. The van der Waals surface area contributed by atoms with Gasteiger partial charge in [-0.25, -0.2) is 0 Å². The molecule has 2 aromatic rings. The number of nitrogens with two attached hydrogens (primary N) is 1. The number of anilines is 1. The Balaban J connectivity index is 1.86. The summed E-state index contributed by atoms with van der Waals surface area (Å²) in [5.74, 6) is 0.629. The number of aryl methyl sites for hydroxylation is 1. The van der Waals surface area contributed by atoms with Crippen molar-refractivity contribution in [3.8, 4) is 0 Å². The van der Waals surface area contributed by atoms with Gasteiger partial charge in [0.15, 0.2) is 5.82 Å².